The average molecular weight is 370 g/mol. The van der Waals surface area contributed by atoms with Crippen molar-refractivity contribution in [2.45, 2.75) is 47.0 Å². The number of benzene rings is 3. The number of aromatic nitrogens is 1. The summed E-state index contributed by atoms with van der Waals surface area (Å²) in [5.74, 6) is 1.39. The van der Waals surface area contributed by atoms with Gasteiger partial charge in [0.25, 0.3) is 0 Å². The van der Waals surface area contributed by atoms with Crippen molar-refractivity contribution < 1.29 is 0 Å². The first kappa shape index (κ1) is 18.8. The molecule has 0 saturated heterocycles. The number of para-hydroxylation sites is 1. The zero-order valence-electron chi connectivity index (χ0n) is 17.6. The van der Waals surface area contributed by atoms with Crippen molar-refractivity contribution in [1.82, 2.24) is 4.57 Å². The van der Waals surface area contributed by atoms with Gasteiger partial charge in [0.05, 0.1) is 11.0 Å². The fraction of sp³-hybridized carbons (Fsp3) is 0.333. The van der Waals surface area contributed by atoms with Crippen LogP contribution in [-0.4, -0.2) is 4.57 Å². The van der Waals surface area contributed by atoms with Gasteiger partial charge in [-0.05, 0) is 72.2 Å². The molecule has 0 bridgehead atoms. The smallest absolute Gasteiger partial charge is 0.0541 e. The Hall–Kier alpha value is -2.54. The molecule has 0 saturated carbocycles. The van der Waals surface area contributed by atoms with Crippen LogP contribution >= 0.6 is 0 Å². The molecule has 0 N–H and O–H groups in total. The van der Waals surface area contributed by atoms with E-state index < -0.39 is 0 Å². The van der Waals surface area contributed by atoms with E-state index in [4.69, 9.17) is 0 Å². The van der Waals surface area contributed by atoms with Gasteiger partial charge < -0.3 is 4.57 Å². The molecule has 0 aliphatic carbocycles. The molecule has 1 unspecified atom stereocenters. The molecule has 0 fully saturated rings. The Labute approximate surface area is 169 Å². The molecule has 0 aliphatic rings. The van der Waals surface area contributed by atoms with Crippen molar-refractivity contribution in [2.75, 3.05) is 0 Å². The molecule has 0 radical (unpaired) electrons. The summed E-state index contributed by atoms with van der Waals surface area (Å²) >= 11 is 0. The summed E-state index contributed by atoms with van der Waals surface area (Å²) < 4.78 is 2.41. The Morgan fingerprint density at radius 2 is 1.29 bits per heavy atom. The largest absolute Gasteiger partial charge is 0.309 e. The second-order valence-electron chi connectivity index (χ2n) is 8.69. The summed E-state index contributed by atoms with van der Waals surface area (Å²) in [6.45, 7) is 9.21. The van der Waals surface area contributed by atoms with E-state index >= 15 is 0 Å². The van der Waals surface area contributed by atoms with E-state index in [1.165, 1.54) is 45.0 Å². The van der Waals surface area contributed by atoms with Gasteiger partial charge in [-0.1, -0.05) is 64.4 Å². The molecular weight excluding hydrogens is 338 g/mol. The van der Waals surface area contributed by atoms with Crippen molar-refractivity contribution in [3.63, 3.8) is 0 Å². The minimum Gasteiger partial charge on any atom is -0.309 e. The van der Waals surface area contributed by atoms with Crippen LogP contribution in [0.5, 0.6) is 0 Å². The Morgan fingerprint density at radius 3 is 1.82 bits per heavy atom. The van der Waals surface area contributed by atoms with Gasteiger partial charge in [-0.15, -0.1) is 0 Å². The van der Waals surface area contributed by atoms with Gasteiger partial charge >= 0.3 is 0 Å². The summed E-state index contributed by atoms with van der Waals surface area (Å²) in [6.07, 6.45) is 3.50. The fourth-order valence-electron chi connectivity index (χ4n) is 4.24. The van der Waals surface area contributed by atoms with Crippen LogP contribution in [-0.2, 0) is 12.8 Å². The highest BCUT2D eigenvalue weighted by Crippen LogP contribution is 2.34. The molecule has 144 valence electrons. The third-order valence-electron chi connectivity index (χ3n) is 5.83. The Balaban J connectivity index is 1.96. The number of hydrogen-bond donors (Lipinski definition) is 0. The maximum atomic E-state index is 2.43. The second-order valence-corrected chi connectivity index (χ2v) is 8.69. The lowest BCUT2D eigenvalue weighted by Crippen LogP contribution is -1.98. The molecule has 4 rings (SSSR count). The first-order valence-corrected chi connectivity index (χ1v) is 10.7. The molecule has 0 spiro atoms. The van der Waals surface area contributed by atoms with Crippen LogP contribution in [0.1, 0.15) is 45.2 Å². The predicted octanol–water partition coefficient (Wildman–Crippen LogP) is 7.57. The first-order chi connectivity index (χ1) is 13.6. The van der Waals surface area contributed by atoms with Gasteiger partial charge in [-0.3, -0.25) is 0 Å². The number of rotatable bonds is 6. The summed E-state index contributed by atoms with van der Waals surface area (Å²) in [4.78, 5) is 0. The molecule has 1 aromatic heterocycles. The molecule has 0 aliphatic heterocycles. The van der Waals surface area contributed by atoms with Crippen molar-refractivity contribution in [1.29, 1.82) is 0 Å². The molecule has 1 atom stereocenters. The molecule has 1 nitrogen and oxygen atoms in total. The summed E-state index contributed by atoms with van der Waals surface area (Å²) in [5, 5.41) is 2.76. The number of nitrogens with zero attached hydrogens (tertiary/aromatic N) is 1. The standard InChI is InChI=1S/C27H31N/c1-5-20(4)16-22-12-14-27-25(18-22)24-17-21(15-19(2)3)11-13-26(24)28(27)23-9-7-6-8-10-23/h6-14,17-20H,5,15-16H2,1-4H3. The SMILES string of the molecule is CCC(C)Cc1ccc2c(c1)c1cc(CC(C)C)ccc1n2-c1ccccc1. The third-order valence-corrected chi connectivity index (χ3v) is 5.83. The molecule has 0 amide bonds. The molecule has 1 heterocycles. The minimum absolute atomic E-state index is 0.667. The van der Waals surface area contributed by atoms with E-state index in [9.17, 15) is 0 Å². The number of hydrogen-bond acceptors (Lipinski definition) is 0. The van der Waals surface area contributed by atoms with Crippen molar-refractivity contribution in [3.05, 3.63) is 77.9 Å². The van der Waals surface area contributed by atoms with E-state index in [2.05, 4.69) is 99.0 Å². The molecule has 1 heteroatoms. The van der Waals surface area contributed by atoms with Crippen LogP contribution in [0.2, 0.25) is 0 Å². The van der Waals surface area contributed by atoms with Crippen LogP contribution in [0.4, 0.5) is 0 Å². The fourth-order valence-corrected chi connectivity index (χ4v) is 4.24. The highest BCUT2D eigenvalue weighted by Gasteiger charge is 2.14. The second kappa shape index (κ2) is 7.83. The van der Waals surface area contributed by atoms with Gasteiger partial charge in [-0.2, -0.15) is 0 Å². The van der Waals surface area contributed by atoms with Crippen molar-refractivity contribution in [2.24, 2.45) is 11.8 Å². The normalized spacial score (nSPS) is 12.9. The van der Waals surface area contributed by atoms with Crippen LogP contribution < -0.4 is 0 Å². The topological polar surface area (TPSA) is 4.93 Å². The monoisotopic (exact) mass is 369 g/mol. The molecule has 28 heavy (non-hydrogen) atoms. The Kier molecular flexibility index (Phi) is 5.26. The van der Waals surface area contributed by atoms with Crippen LogP contribution in [0.15, 0.2) is 66.7 Å². The zero-order chi connectivity index (χ0) is 19.7. The minimum atomic E-state index is 0.667. The summed E-state index contributed by atoms with van der Waals surface area (Å²) in [5.41, 5.74) is 6.71. The highest BCUT2D eigenvalue weighted by atomic mass is 15.0. The van der Waals surface area contributed by atoms with E-state index in [1.807, 2.05) is 0 Å². The third kappa shape index (κ3) is 3.58. The maximum Gasteiger partial charge on any atom is 0.0541 e. The van der Waals surface area contributed by atoms with Gasteiger partial charge in [0.2, 0.25) is 0 Å². The number of fused-ring (bicyclic) bond motifs is 3. The van der Waals surface area contributed by atoms with Crippen LogP contribution in [0.3, 0.4) is 0 Å². The highest BCUT2D eigenvalue weighted by molar-refractivity contribution is 6.09. The molecule has 4 aromatic rings. The zero-order valence-corrected chi connectivity index (χ0v) is 17.6. The lowest BCUT2D eigenvalue weighted by Gasteiger charge is -2.10. The van der Waals surface area contributed by atoms with E-state index in [-0.39, 0.29) is 0 Å². The van der Waals surface area contributed by atoms with Gasteiger partial charge in [0, 0.05) is 16.5 Å². The average Bonchev–Trinajstić information content (AvgIpc) is 3.01. The van der Waals surface area contributed by atoms with E-state index in [1.54, 1.807) is 0 Å². The van der Waals surface area contributed by atoms with Crippen molar-refractivity contribution in [3.8, 4) is 5.69 Å². The van der Waals surface area contributed by atoms with E-state index in [0.717, 1.165) is 18.8 Å². The summed E-state index contributed by atoms with van der Waals surface area (Å²) in [6, 6.07) is 24.9. The lowest BCUT2D eigenvalue weighted by atomic mass is 9.97. The van der Waals surface area contributed by atoms with Crippen LogP contribution in [0.25, 0.3) is 27.5 Å². The Morgan fingerprint density at radius 1 is 0.714 bits per heavy atom. The molecular formula is C27H31N. The maximum absolute atomic E-state index is 2.43. The van der Waals surface area contributed by atoms with Gasteiger partial charge in [0.15, 0.2) is 0 Å². The first-order valence-electron chi connectivity index (χ1n) is 10.7. The Bertz CT molecular complexity index is 1090. The van der Waals surface area contributed by atoms with Crippen LogP contribution in [0, 0.1) is 11.8 Å². The van der Waals surface area contributed by atoms with Gasteiger partial charge in [-0.25, -0.2) is 0 Å². The summed E-state index contributed by atoms with van der Waals surface area (Å²) in [7, 11) is 0. The predicted molar refractivity (Wildman–Crippen MR) is 122 cm³/mol. The van der Waals surface area contributed by atoms with Gasteiger partial charge in [0.1, 0.15) is 0 Å². The van der Waals surface area contributed by atoms with Crippen molar-refractivity contribution >= 4 is 21.8 Å². The quantitative estimate of drug-likeness (QED) is 0.330. The lowest BCUT2D eigenvalue weighted by molar-refractivity contribution is 0.560. The molecule has 3 aromatic carbocycles. The van der Waals surface area contributed by atoms with E-state index in [0.29, 0.717) is 5.92 Å².